The lowest BCUT2D eigenvalue weighted by Crippen LogP contribution is -2.26. The van der Waals surface area contributed by atoms with Gasteiger partial charge in [0, 0.05) is 4.47 Å². The molecule has 2 rings (SSSR count). The maximum absolute atomic E-state index is 12.7. The Morgan fingerprint density at radius 1 is 1.21 bits per heavy atom. The van der Waals surface area contributed by atoms with Gasteiger partial charge in [0.05, 0.1) is 35.8 Å². The summed E-state index contributed by atoms with van der Waals surface area (Å²) in [5, 5.41) is 9.76. The van der Waals surface area contributed by atoms with Crippen molar-refractivity contribution in [3.8, 4) is 17.6 Å². The Morgan fingerprint density at radius 3 is 2.41 bits per heavy atom. The maximum atomic E-state index is 12.7. The number of ether oxygens (including phenoxy) is 4. The minimum absolute atomic E-state index is 0.0575. The van der Waals surface area contributed by atoms with Gasteiger partial charge in [-0.3, -0.25) is 0 Å². The first-order valence-corrected chi connectivity index (χ1v) is 10.6. The lowest BCUT2D eigenvalue weighted by Gasteiger charge is -2.28. The number of nitrogens with zero attached hydrogens (tertiary/aromatic N) is 1. The number of carbonyl (C=O) groups excluding carboxylic acids is 1. The summed E-state index contributed by atoms with van der Waals surface area (Å²) in [7, 11) is 0. The molecule has 9 heteroatoms. The highest BCUT2D eigenvalue weighted by Gasteiger charge is 2.38. The zero-order chi connectivity index (χ0) is 21.7. The summed E-state index contributed by atoms with van der Waals surface area (Å²) in [6.07, 6.45) is 0. The van der Waals surface area contributed by atoms with Crippen molar-refractivity contribution < 1.29 is 23.7 Å². The van der Waals surface area contributed by atoms with Crippen molar-refractivity contribution in [2.24, 2.45) is 5.73 Å². The summed E-state index contributed by atoms with van der Waals surface area (Å²) in [4.78, 5) is 12.7. The molecule has 0 bridgehead atoms. The van der Waals surface area contributed by atoms with Crippen LogP contribution in [-0.2, 0) is 14.3 Å². The Balaban J connectivity index is 2.80. The molecule has 1 aromatic rings. The van der Waals surface area contributed by atoms with Crippen LogP contribution in [0.3, 0.4) is 0 Å². The molecule has 2 N–H and O–H groups in total. The van der Waals surface area contributed by atoms with Crippen LogP contribution in [0.4, 0.5) is 0 Å². The van der Waals surface area contributed by atoms with E-state index in [1.807, 2.05) is 13.8 Å². The van der Waals surface area contributed by atoms with Crippen LogP contribution in [0.2, 0.25) is 0 Å². The first-order valence-electron chi connectivity index (χ1n) is 9.05. The van der Waals surface area contributed by atoms with Crippen LogP contribution in [0.25, 0.3) is 0 Å². The zero-order valence-electron chi connectivity index (χ0n) is 16.6. The SMILES string of the molecule is CCOC(=O)C1=C(C)OC(N)=C(C#N)[C@H]1c1cc(OCC)c(OCC)c(Br)c1Br. The molecule has 0 amide bonds. The van der Waals surface area contributed by atoms with Crippen molar-refractivity contribution in [2.45, 2.75) is 33.6 Å². The molecule has 7 nitrogen and oxygen atoms in total. The van der Waals surface area contributed by atoms with Gasteiger partial charge in [0.2, 0.25) is 5.88 Å². The van der Waals surface area contributed by atoms with Crippen LogP contribution in [0, 0.1) is 11.3 Å². The molecule has 0 aromatic heterocycles. The molecule has 0 fully saturated rings. The Kier molecular flexibility index (Phi) is 7.99. The van der Waals surface area contributed by atoms with Crippen LogP contribution in [0.15, 0.2) is 37.8 Å². The number of rotatable bonds is 7. The van der Waals surface area contributed by atoms with Crippen molar-refractivity contribution >= 4 is 37.8 Å². The Morgan fingerprint density at radius 2 is 1.86 bits per heavy atom. The molecule has 0 saturated heterocycles. The van der Waals surface area contributed by atoms with Crippen LogP contribution in [-0.4, -0.2) is 25.8 Å². The third-order valence-corrected chi connectivity index (χ3v) is 6.30. The summed E-state index contributed by atoms with van der Waals surface area (Å²) in [5.41, 5.74) is 6.88. The van der Waals surface area contributed by atoms with Crippen LogP contribution >= 0.6 is 31.9 Å². The van der Waals surface area contributed by atoms with Gasteiger partial charge < -0.3 is 24.7 Å². The van der Waals surface area contributed by atoms with E-state index in [1.54, 1.807) is 19.9 Å². The molecule has 0 spiro atoms. The van der Waals surface area contributed by atoms with E-state index in [-0.39, 0.29) is 29.4 Å². The number of nitriles is 1. The Labute approximate surface area is 186 Å². The summed E-state index contributed by atoms with van der Waals surface area (Å²) in [6.45, 7) is 8.06. The molecule has 0 unspecified atom stereocenters. The molecule has 1 heterocycles. The largest absolute Gasteiger partial charge is 0.490 e. The molecule has 1 aliphatic rings. The monoisotopic (exact) mass is 528 g/mol. The predicted octanol–water partition coefficient (Wildman–Crippen LogP) is 4.65. The van der Waals surface area contributed by atoms with Gasteiger partial charge in [-0.1, -0.05) is 0 Å². The van der Waals surface area contributed by atoms with E-state index in [0.29, 0.717) is 39.2 Å². The van der Waals surface area contributed by atoms with Crippen LogP contribution < -0.4 is 15.2 Å². The van der Waals surface area contributed by atoms with E-state index in [1.165, 1.54) is 0 Å². The zero-order valence-corrected chi connectivity index (χ0v) is 19.8. The molecule has 1 aromatic carbocycles. The van der Waals surface area contributed by atoms with Crippen molar-refractivity contribution in [1.29, 1.82) is 5.26 Å². The average Bonchev–Trinajstić information content (AvgIpc) is 2.67. The second kappa shape index (κ2) is 10.0. The summed E-state index contributed by atoms with van der Waals surface area (Å²) >= 11 is 7.10. The lowest BCUT2D eigenvalue weighted by molar-refractivity contribution is -0.139. The second-order valence-electron chi connectivity index (χ2n) is 5.90. The molecule has 1 aliphatic heterocycles. The third kappa shape index (κ3) is 4.54. The number of benzene rings is 1. The first kappa shape index (κ1) is 23.1. The number of nitrogens with two attached hydrogens (primary N) is 1. The van der Waals surface area contributed by atoms with E-state index < -0.39 is 11.9 Å². The summed E-state index contributed by atoms with van der Waals surface area (Å²) < 4.78 is 23.3. The highest BCUT2D eigenvalue weighted by Crippen LogP contribution is 2.49. The molecule has 1 atom stereocenters. The standard InChI is InChI=1S/C20H22Br2N2O5/c1-5-26-13-8-11(16(21)17(22)18(13)27-6-2)15-12(9-23)19(24)29-10(4)14(15)20(25)28-7-3/h8,15H,5-7,24H2,1-4H3/t15-/m1/s1. The molecule has 156 valence electrons. The highest BCUT2D eigenvalue weighted by atomic mass is 79.9. The summed E-state index contributed by atoms with van der Waals surface area (Å²) in [5.74, 6) is -0.162. The minimum Gasteiger partial charge on any atom is -0.490 e. The fourth-order valence-corrected chi connectivity index (χ4v) is 4.08. The molecular weight excluding hydrogens is 508 g/mol. The fraction of sp³-hybridized carbons (Fsp3) is 0.400. The van der Waals surface area contributed by atoms with E-state index in [0.717, 1.165) is 0 Å². The second-order valence-corrected chi connectivity index (χ2v) is 7.49. The first-order chi connectivity index (χ1) is 13.8. The topological polar surface area (TPSA) is 104 Å². The number of allylic oxidation sites excluding steroid dienone is 2. The molecule has 0 aliphatic carbocycles. The number of carbonyl (C=O) groups is 1. The predicted molar refractivity (Wildman–Crippen MR) is 114 cm³/mol. The molecule has 29 heavy (non-hydrogen) atoms. The van der Waals surface area contributed by atoms with Gasteiger partial charge in [0.25, 0.3) is 0 Å². The fourth-order valence-electron chi connectivity index (χ4n) is 3.02. The van der Waals surface area contributed by atoms with E-state index in [4.69, 9.17) is 24.7 Å². The number of esters is 1. The van der Waals surface area contributed by atoms with Gasteiger partial charge in [-0.25, -0.2) is 4.79 Å². The molecule has 0 radical (unpaired) electrons. The van der Waals surface area contributed by atoms with Crippen LogP contribution in [0.1, 0.15) is 39.2 Å². The van der Waals surface area contributed by atoms with E-state index in [9.17, 15) is 10.1 Å². The third-order valence-electron chi connectivity index (χ3n) is 4.16. The van der Waals surface area contributed by atoms with Gasteiger partial charge in [-0.05, 0) is 71.2 Å². The van der Waals surface area contributed by atoms with Crippen LogP contribution in [0.5, 0.6) is 11.5 Å². The van der Waals surface area contributed by atoms with Gasteiger partial charge in [-0.15, -0.1) is 0 Å². The van der Waals surface area contributed by atoms with Gasteiger partial charge in [0.15, 0.2) is 11.5 Å². The van der Waals surface area contributed by atoms with Crippen molar-refractivity contribution in [1.82, 2.24) is 0 Å². The van der Waals surface area contributed by atoms with Gasteiger partial charge in [0.1, 0.15) is 17.4 Å². The smallest absolute Gasteiger partial charge is 0.338 e. The minimum atomic E-state index is -0.798. The Bertz CT molecular complexity index is 918. The van der Waals surface area contributed by atoms with E-state index in [2.05, 4.69) is 37.9 Å². The molecular formula is C20H22Br2N2O5. The maximum Gasteiger partial charge on any atom is 0.338 e. The van der Waals surface area contributed by atoms with E-state index >= 15 is 0 Å². The highest BCUT2D eigenvalue weighted by molar-refractivity contribution is 9.13. The summed E-state index contributed by atoms with van der Waals surface area (Å²) in [6, 6.07) is 3.80. The van der Waals surface area contributed by atoms with Gasteiger partial charge in [-0.2, -0.15) is 5.26 Å². The normalized spacial score (nSPS) is 16.2. The van der Waals surface area contributed by atoms with Crippen molar-refractivity contribution in [2.75, 3.05) is 19.8 Å². The van der Waals surface area contributed by atoms with Crippen molar-refractivity contribution in [3.63, 3.8) is 0 Å². The van der Waals surface area contributed by atoms with Crippen molar-refractivity contribution in [3.05, 3.63) is 43.4 Å². The van der Waals surface area contributed by atoms with Gasteiger partial charge >= 0.3 is 5.97 Å². The number of halogens is 2. The average molecular weight is 530 g/mol. The number of hydrogen-bond acceptors (Lipinski definition) is 7. The Hall–Kier alpha value is -2.18. The molecule has 0 saturated carbocycles. The lowest BCUT2D eigenvalue weighted by atomic mass is 9.83. The number of hydrogen-bond donors (Lipinski definition) is 1. The quantitative estimate of drug-likeness (QED) is 0.512.